The summed E-state index contributed by atoms with van der Waals surface area (Å²) in [5, 5.41) is 0. The van der Waals surface area contributed by atoms with E-state index in [1.165, 1.54) is 12.7 Å². The van der Waals surface area contributed by atoms with Crippen LogP contribution in [0.25, 0.3) is 0 Å². The highest BCUT2D eigenvalue weighted by atomic mass is 16.5. The van der Waals surface area contributed by atoms with Crippen LogP contribution in [-0.2, 0) is 9.53 Å². The molecule has 2 aromatic carbocycles. The first-order chi connectivity index (χ1) is 14.1. The molecule has 1 saturated carbocycles. The predicted octanol–water partition coefficient (Wildman–Crippen LogP) is 2.56. The minimum atomic E-state index is -0.426. The Morgan fingerprint density at radius 3 is 2.03 bits per heavy atom. The first-order valence-electron chi connectivity index (χ1n) is 9.90. The number of methoxy groups -OCH3 is 1. The Balaban J connectivity index is 1.31. The number of esters is 1. The molecule has 1 aliphatic carbocycles. The Morgan fingerprint density at radius 2 is 1.41 bits per heavy atom. The number of ether oxygens (including phenoxy) is 1. The van der Waals surface area contributed by atoms with Crippen LogP contribution in [0.2, 0.25) is 0 Å². The molecule has 1 saturated heterocycles. The third kappa shape index (κ3) is 4.01. The van der Waals surface area contributed by atoms with Gasteiger partial charge in [0.05, 0.1) is 12.7 Å². The van der Waals surface area contributed by atoms with Crippen molar-refractivity contribution in [2.75, 3.05) is 33.3 Å². The number of hydrogen-bond acceptors (Lipinski definition) is 4. The average Bonchev–Trinajstić information content (AvgIpc) is 3.59. The van der Waals surface area contributed by atoms with Gasteiger partial charge in [0.1, 0.15) is 0 Å². The van der Waals surface area contributed by atoms with E-state index in [2.05, 4.69) is 16.9 Å². The molecule has 2 aliphatic rings. The monoisotopic (exact) mass is 392 g/mol. The molecule has 0 aromatic heterocycles. The maximum absolute atomic E-state index is 12.8. The lowest BCUT2D eigenvalue weighted by molar-refractivity contribution is -0.134. The second kappa shape index (κ2) is 8.07. The van der Waals surface area contributed by atoms with Gasteiger partial charge >= 0.3 is 5.97 Å². The van der Waals surface area contributed by atoms with E-state index in [9.17, 15) is 14.4 Å². The Labute approximate surface area is 170 Å². The Morgan fingerprint density at radius 1 is 0.828 bits per heavy atom. The van der Waals surface area contributed by atoms with E-state index in [4.69, 9.17) is 0 Å². The summed E-state index contributed by atoms with van der Waals surface area (Å²) < 4.78 is 4.68. The number of rotatable bonds is 4. The Kier molecular flexibility index (Phi) is 5.34. The van der Waals surface area contributed by atoms with Crippen molar-refractivity contribution in [3.63, 3.8) is 0 Å². The number of benzene rings is 2. The largest absolute Gasteiger partial charge is 0.465 e. The van der Waals surface area contributed by atoms with Crippen molar-refractivity contribution in [1.82, 2.24) is 9.80 Å². The number of carbonyl (C=O) groups is 3. The van der Waals surface area contributed by atoms with Crippen molar-refractivity contribution >= 4 is 17.8 Å². The number of nitrogens with zero attached hydrogens (tertiary/aromatic N) is 2. The minimum Gasteiger partial charge on any atom is -0.465 e. The SMILES string of the molecule is COC(=O)c1ccc(C(=O)N2CCN(C(=O)C3CC3c3ccccc3)CC2)cc1. The molecule has 1 heterocycles. The van der Waals surface area contributed by atoms with Crippen molar-refractivity contribution in [3.8, 4) is 0 Å². The molecule has 0 spiro atoms. The molecule has 2 unspecified atom stereocenters. The van der Waals surface area contributed by atoms with Crippen molar-refractivity contribution < 1.29 is 19.1 Å². The average molecular weight is 392 g/mol. The van der Waals surface area contributed by atoms with Gasteiger partial charge in [-0.3, -0.25) is 9.59 Å². The molecule has 2 fully saturated rings. The Bertz CT molecular complexity index is 902. The lowest BCUT2D eigenvalue weighted by Crippen LogP contribution is -2.51. The Hall–Kier alpha value is -3.15. The molecule has 2 amide bonds. The smallest absolute Gasteiger partial charge is 0.337 e. The second-order valence-electron chi connectivity index (χ2n) is 7.55. The van der Waals surface area contributed by atoms with Crippen molar-refractivity contribution in [2.45, 2.75) is 12.3 Å². The summed E-state index contributed by atoms with van der Waals surface area (Å²) in [6.07, 6.45) is 0.911. The molecular weight excluding hydrogens is 368 g/mol. The highest BCUT2D eigenvalue weighted by molar-refractivity contribution is 5.96. The van der Waals surface area contributed by atoms with E-state index in [1.807, 2.05) is 23.1 Å². The summed E-state index contributed by atoms with van der Waals surface area (Å²) in [5.74, 6) is 0.0997. The molecule has 0 radical (unpaired) electrons. The zero-order valence-corrected chi connectivity index (χ0v) is 16.4. The van der Waals surface area contributed by atoms with Crippen LogP contribution in [0.1, 0.15) is 38.6 Å². The van der Waals surface area contributed by atoms with Gasteiger partial charge in [0, 0.05) is 37.7 Å². The summed E-state index contributed by atoms with van der Waals surface area (Å²) in [4.78, 5) is 40.7. The molecule has 2 atom stereocenters. The zero-order chi connectivity index (χ0) is 20.4. The van der Waals surface area contributed by atoms with Gasteiger partial charge in [-0.05, 0) is 42.2 Å². The normalized spacial score (nSPS) is 20.9. The van der Waals surface area contributed by atoms with Gasteiger partial charge in [-0.2, -0.15) is 0 Å². The van der Waals surface area contributed by atoms with Crippen LogP contribution in [0.15, 0.2) is 54.6 Å². The van der Waals surface area contributed by atoms with E-state index in [0.29, 0.717) is 43.2 Å². The highest BCUT2D eigenvalue weighted by Crippen LogP contribution is 2.48. The third-order valence-electron chi connectivity index (χ3n) is 5.77. The molecule has 1 aliphatic heterocycles. The maximum atomic E-state index is 12.8. The fourth-order valence-electron chi connectivity index (χ4n) is 3.95. The van der Waals surface area contributed by atoms with Crippen LogP contribution >= 0.6 is 0 Å². The summed E-state index contributed by atoms with van der Waals surface area (Å²) in [6, 6.07) is 16.6. The minimum absolute atomic E-state index is 0.0746. The van der Waals surface area contributed by atoms with Gasteiger partial charge in [0.25, 0.3) is 5.91 Å². The van der Waals surface area contributed by atoms with Gasteiger partial charge < -0.3 is 14.5 Å². The molecule has 6 heteroatoms. The van der Waals surface area contributed by atoms with Crippen LogP contribution in [0.4, 0.5) is 0 Å². The maximum Gasteiger partial charge on any atom is 0.337 e. The molecule has 2 aromatic rings. The molecule has 4 rings (SSSR count). The van der Waals surface area contributed by atoms with Gasteiger partial charge in [0.15, 0.2) is 0 Å². The molecule has 150 valence electrons. The second-order valence-corrected chi connectivity index (χ2v) is 7.55. The van der Waals surface area contributed by atoms with E-state index >= 15 is 0 Å². The standard InChI is InChI=1S/C23H24N2O4/c1-29-23(28)18-9-7-17(8-10-18)21(26)24-11-13-25(14-12-24)22(27)20-15-19(20)16-5-3-2-4-6-16/h2-10,19-20H,11-15H2,1H3. The topological polar surface area (TPSA) is 66.9 Å². The summed E-state index contributed by atoms with van der Waals surface area (Å²) in [6.45, 7) is 2.16. The van der Waals surface area contributed by atoms with E-state index < -0.39 is 5.97 Å². The van der Waals surface area contributed by atoms with Crippen LogP contribution in [0.3, 0.4) is 0 Å². The lowest BCUT2D eigenvalue weighted by atomic mass is 10.1. The summed E-state index contributed by atoms with van der Waals surface area (Å²) >= 11 is 0. The van der Waals surface area contributed by atoms with Gasteiger partial charge in [-0.15, -0.1) is 0 Å². The van der Waals surface area contributed by atoms with Crippen molar-refractivity contribution in [3.05, 3.63) is 71.3 Å². The molecule has 0 N–H and O–H groups in total. The molecule has 0 bridgehead atoms. The summed E-state index contributed by atoms with van der Waals surface area (Å²) in [7, 11) is 1.33. The van der Waals surface area contributed by atoms with E-state index in [1.54, 1.807) is 29.2 Å². The molecule has 6 nitrogen and oxygen atoms in total. The van der Waals surface area contributed by atoms with Crippen LogP contribution in [-0.4, -0.2) is 60.9 Å². The summed E-state index contributed by atoms with van der Waals surface area (Å²) in [5.41, 5.74) is 2.18. The number of hydrogen-bond donors (Lipinski definition) is 0. The predicted molar refractivity (Wildman–Crippen MR) is 108 cm³/mol. The first-order valence-corrected chi connectivity index (χ1v) is 9.90. The van der Waals surface area contributed by atoms with Gasteiger partial charge in [0.2, 0.25) is 5.91 Å². The van der Waals surface area contributed by atoms with Crippen LogP contribution in [0, 0.1) is 5.92 Å². The highest BCUT2D eigenvalue weighted by Gasteiger charge is 2.46. The van der Waals surface area contributed by atoms with Gasteiger partial charge in [-0.25, -0.2) is 4.79 Å². The number of piperazine rings is 1. The first kappa shape index (κ1) is 19.2. The zero-order valence-electron chi connectivity index (χ0n) is 16.4. The molecule has 29 heavy (non-hydrogen) atoms. The van der Waals surface area contributed by atoms with Crippen LogP contribution in [0.5, 0.6) is 0 Å². The fourth-order valence-corrected chi connectivity index (χ4v) is 3.95. The van der Waals surface area contributed by atoms with E-state index in [0.717, 1.165) is 6.42 Å². The quantitative estimate of drug-likeness (QED) is 0.750. The van der Waals surface area contributed by atoms with Crippen molar-refractivity contribution in [2.24, 2.45) is 5.92 Å². The van der Waals surface area contributed by atoms with Crippen LogP contribution < -0.4 is 0 Å². The fraction of sp³-hybridized carbons (Fsp3) is 0.348. The number of carbonyl (C=O) groups excluding carboxylic acids is 3. The third-order valence-corrected chi connectivity index (χ3v) is 5.77. The van der Waals surface area contributed by atoms with Crippen molar-refractivity contribution in [1.29, 1.82) is 0 Å². The number of amides is 2. The lowest BCUT2D eigenvalue weighted by Gasteiger charge is -2.35. The van der Waals surface area contributed by atoms with Gasteiger partial charge in [-0.1, -0.05) is 30.3 Å². The van der Waals surface area contributed by atoms with E-state index in [-0.39, 0.29) is 17.7 Å². The molecular formula is C23H24N2O4.